The van der Waals surface area contributed by atoms with Crippen molar-refractivity contribution in [2.75, 3.05) is 26.1 Å². The van der Waals surface area contributed by atoms with Crippen molar-refractivity contribution in [3.8, 4) is 0 Å². The highest BCUT2D eigenvalue weighted by Gasteiger charge is 2.33. The lowest BCUT2D eigenvalue weighted by molar-refractivity contribution is -0.290. The van der Waals surface area contributed by atoms with Crippen LogP contribution < -0.4 is 0 Å². The summed E-state index contributed by atoms with van der Waals surface area (Å²) in [4.78, 5) is 44.6. The molecule has 1 saturated heterocycles. The fourth-order valence-corrected chi connectivity index (χ4v) is 1.82. The molecule has 1 aliphatic rings. The van der Waals surface area contributed by atoms with Crippen molar-refractivity contribution in [3.63, 3.8) is 0 Å². The summed E-state index contributed by atoms with van der Waals surface area (Å²) in [6.07, 6.45) is 0.740. The third-order valence-electron chi connectivity index (χ3n) is 2.37. The quantitative estimate of drug-likeness (QED) is 0.203. The average Bonchev–Trinajstić information content (AvgIpc) is 2.72. The highest BCUT2D eigenvalue weighted by molar-refractivity contribution is 7.94. The Bertz CT molecular complexity index is 319. The van der Waals surface area contributed by atoms with Crippen LogP contribution in [0.15, 0.2) is 0 Å². The van der Waals surface area contributed by atoms with Crippen molar-refractivity contribution in [1.82, 2.24) is 4.90 Å². The third kappa shape index (κ3) is 5.68. The molecule has 108 valence electrons. The zero-order valence-corrected chi connectivity index (χ0v) is 11.6. The summed E-state index contributed by atoms with van der Waals surface area (Å²) in [6, 6.07) is 0. The topological polar surface area (TPSA) is 82.1 Å². The first-order valence-corrected chi connectivity index (χ1v) is 6.86. The second-order valence-electron chi connectivity index (χ2n) is 3.75. The number of amides is 3. The Balaban J connectivity index is 2.04. The van der Waals surface area contributed by atoms with E-state index in [1.165, 1.54) is 12.0 Å². The molecule has 0 aromatic rings. The van der Waals surface area contributed by atoms with Crippen LogP contribution in [-0.4, -0.2) is 48.7 Å². The van der Waals surface area contributed by atoms with Crippen molar-refractivity contribution in [1.29, 1.82) is 0 Å². The van der Waals surface area contributed by atoms with E-state index in [1.54, 1.807) is 7.11 Å². The smallest absolute Gasteiger partial charge is 0.236 e. The van der Waals surface area contributed by atoms with Gasteiger partial charge in [-0.05, 0) is 18.5 Å². The maximum atomic E-state index is 11.6. The van der Waals surface area contributed by atoms with E-state index in [0.29, 0.717) is 18.8 Å². The molecule has 1 heterocycles. The summed E-state index contributed by atoms with van der Waals surface area (Å²) >= 11 is 1.25. The Labute approximate surface area is 115 Å². The third-order valence-corrected chi connectivity index (χ3v) is 2.94. The van der Waals surface area contributed by atoms with Gasteiger partial charge in [-0.25, -0.2) is 14.7 Å². The Kier molecular flexibility index (Phi) is 7.65. The fraction of sp³-hybridized carbons (Fsp3) is 0.727. The standard InChI is InChI=1S/C11H17NO6S/c1-16-19-8-7-18-17-6-2-3-9(13)12-10(14)4-5-11(12)15/h2-8H2,1H3. The lowest BCUT2D eigenvalue weighted by Gasteiger charge is -2.11. The highest BCUT2D eigenvalue weighted by atomic mass is 32.2. The molecule has 1 aliphatic heterocycles. The molecule has 0 saturated carbocycles. The molecule has 0 atom stereocenters. The van der Waals surface area contributed by atoms with Gasteiger partial charge in [-0.3, -0.25) is 14.4 Å². The Morgan fingerprint density at radius 1 is 1.21 bits per heavy atom. The van der Waals surface area contributed by atoms with Crippen LogP contribution >= 0.6 is 12.0 Å². The predicted molar refractivity (Wildman–Crippen MR) is 66.7 cm³/mol. The highest BCUT2D eigenvalue weighted by Crippen LogP contribution is 2.13. The fourth-order valence-electron chi connectivity index (χ4n) is 1.52. The van der Waals surface area contributed by atoms with Crippen LogP contribution in [0.1, 0.15) is 25.7 Å². The van der Waals surface area contributed by atoms with Crippen molar-refractivity contribution in [3.05, 3.63) is 0 Å². The van der Waals surface area contributed by atoms with Gasteiger partial charge in [-0.1, -0.05) is 0 Å². The number of likely N-dealkylation sites (tertiary alicyclic amines) is 1. The molecule has 0 bridgehead atoms. The number of carbonyl (C=O) groups excluding carboxylic acids is 3. The van der Waals surface area contributed by atoms with E-state index >= 15 is 0 Å². The molecule has 19 heavy (non-hydrogen) atoms. The van der Waals surface area contributed by atoms with Gasteiger partial charge in [0, 0.05) is 25.0 Å². The molecule has 8 heteroatoms. The molecule has 1 rings (SSSR count). The summed E-state index contributed by atoms with van der Waals surface area (Å²) in [5, 5.41) is 0. The SMILES string of the molecule is COSCCOOCCCC(=O)N1C(=O)CCC1=O. The lowest BCUT2D eigenvalue weighted by Crippen LogP contribution is -2.35. The molecular weight excluding hydrogens is 274 g/mol. The number of carbonyl (C=O) groups is 3. The van der Waals surface area contributed by atoms with Gasteiger partial charge in [0.2, 0.25) is 17.7 Å². The Morgan fingerprint density at radius 2 is 1.84 bits per heavy atom. The van der Waals surface area contributed by atoms with E-state index < -0.39 is 17.7 Å². The van der Waals surface area contributed by atoms with Gasteiger partial charge in [0.15, 0.2) is 0 Å². The average molecular weight is 291 g/mol. The van der Waals surface area contributed by atoms with Crippen LogP contribution in [0.25, 0.3) is 0 Å². The van der Waals surface area contributed by atoms with Gasteiger partial charge in [-0.15, -0.1) is 0 Å². The van der Waals surface area contributed by atoms with E-state index in [-0.39, 0.29) is 25.9 Å². The van der Waals surface area contributed by atoms with Crippen LogP contribution in [-0.2, 0) is 28.3 Å². The summed E-state index contributed by atoms with van der Waals surface area (Å²) in [6.45, 7) is 0.620. The zero-order valence-electron chi connectivity index (χ0n) is 10.8. The number of nitrogens with zero attached hydrogens (tertiary/aromatic N) is 1. The summed E-state index contributed by atoms with van der Waals surface area (Å²) in [5.74, 6) is -0.648. The van der Waals surface area contributed by atoms with E-state index in [9.17, 15) is 14.4 Å². The summed E-state index contributed by atoms with van der Waals surface area (Å²) < 4.78 is 4.75. The molecular formula is C11H17NO6S. The second kappa shape index (κ2) is 9.03. The molecule has 0 radical (unpaired) electrons. The first kappa shape index (κ1) is 16.1. The lowest BCUT2D eigenvalue weighted by atomic mass is 10.3. The molecule has 0 aromatic heterocycles. The molecule has 0 spiro atoms. The number of imide groups is 3. The Hall–Kier alpha value is -0.960. The molecule has 0 aromatic carbocycles. The summed E-state index contributed by atoms with van der Waals surface area (Å²) in [5.41, 5.74) is 0. The molecule has 7 nitrogen and oxygen atoms in total. The minimum atomic E-state index is -0.467. The summed E-state index contributed by atoms with van der Waals surface area (Å²) in [7, 11) is 1.57. The van der Waals surface area contributed by atoms with E-state index in [2.05, 4.69) is 0 Å². The molecule has 0 aliphatic carbocycles. The molecule has 1 fully saturated rings. The van der Waals surface area contributed by atoms with E-state index in [0.717, 1.165) is 4.90 Å². The van der Waals surface area contributed by atoms with Crippen molar-refractivity contribution in [2.45, 2.75) is 25.7 Å². The van der Waals surface area contributed by atoms with Gasteiger partial charge in [0.25, 0.3) is 0 Å². The number of hydrogen-bond donors (Lipinski definition) is 0. The van der Waals surface area contributed by atoms with Crippen molar-refractivity contribution >= 4 is 29.8 Å². The van der Waals surface area contributed by atoms with Crippen LogP contribution in [0, 0.1) is 0 Å². The van der Waals surface area contributed by atoms with E-state index in [4.69, 9.17) is 14.0 Å². The van der Waals surface area contributed by atoms with Gasteiger partial charge in [-0.2, -0.15) is 0 Å². The first-order chi connectivity index (χ1) is 9.16. The first-order valence-electron chi connectivity index (χ1n) is 5.95. The minimum absolute atomic E-state index is 0.0909. The van der Waals surface area contributed by atoms with E-state index in [1.807, 2.05) is 0 Å². The maximum absolute atomic E-state index is 11.6. The minimum Gasteiger partial charge on any atom is -0.318 e. The second-order valence-corrected chi connectivity index (χ2v) is 4.73. The number of rotatable bonds is 9. The predicted octanol–water partition coefficient (Wildman–Crippen LogP) is 0.685. The van der Waals surface area contributed by atoms with Crippen LogP contribution in [0.5, 0.6) is 0 Å². The normalized spacial score (nSPS) is 15.3. The van der Waals surface area contributed by atoms with Crippen LogP contribution in [0.2, 0.25) is 0 Å². The van der Waals surface area contributed by atoms with Gasteiger partial charge in [0.1, 0.15) is 0 Å². The van der Waals surface area contributed by atoms with Crippen LogP contribution in [0.4, 0.5) is 0 Å². The van der Waals surface area contributed by atoms with Crippen molar-refractivity contribution < 1.29 is 28.3 Å². The van der Waals surface area contributed by atoms with Crippen molar-refractivity contribution in [2.24, 2.45) is 0 Å². The molecule has 0 unspecified atom stereocenters. The largest absolute Gasteiger partial charge is 0.318 e. The monoisotopic (exact) mass is 291 g/mol. The Morgan fingerprint density at radius 3 is 2.47 bits per heavy atom. The van der Waals surface area contributed by atoms with Gasteiger partial charge < -0.3 is 4.18 Å². The van der Waals surface area contributed by atoms with Gasteiger partial charge >= 0.3 is 0 Å². The van der Waals surface area contributed by atoms with Gasteiger partial charge in [0.05, 0.1) is 20.3 Å². The maximum Gasteiger partial charge on any atom is 0.236 e. The van der Waals surface area contributed by atoms with Crippen LogP contribution in [0.3, 0.4) is 0 Å². The number of hydrogen-bond acceptors (Lipinski definition) is 7. The molecule has 3 amide bonds. The molecule has 0 N–H and O–H groups in total. The zero-order chi connectivity index (χ0) is 14.1.